The van der Waals surface area contributed by atoms with Gasteiger partial charge in [-0.05, 0) is 86.8 Å². The van der Waals surface area contributed by atoms with Crippen molar-refractivity contribution >= 4 is 49.6 Å². The van der Waals surface area contributed by atoms with Crippen LogP contribution in [0.5, 0.6) is 0 Å². The second kappa shape index (κ2) is 15.1. The number of hydrogen-bond acceptors (Lipinski definition) is 1. The second-order valence-electron chi connectivity index (χ2n) is 15.3. The lowest BCUT2D eigenvalue weighted by molar-refractivity contribution is 1.18. The molecule has 282 valence electrons. The Labute approximate surface area is 350 Å². The van der Waals surface area contributed by atoms with E-state index in [1.54, 1.807) is 0 Å². The summed E-state index contributed by atoms with van der Waals surface area (Å²) in [5.41, 5.74) is 16.4. The molecule has 0 unspecified atom stereocenters. The summed E-state index contributed by atoms with van der Waals surface area (Å²) in [5, 5.41) is 4.85. The Morgan fingerprint density at radius 3 is 1.42 bits per heavy atom. The first-order valence-corrected chi connectivity index (χ1v) is 20.6. The molecule has 2 heteroatoms. The van der Waals surface area contributed by atoms with Crippen molar-refractivity contribution in [1.82, 2.24) is 4.57 Å². The number of hydrogen-bond donors (Lipinski definition) is 0. The fraction of sp³-hybridized carbons (Fsp3) is 0. The number of aromatic nitrogens is 1. The van der Waals surface area contributed by atoms with Gasteiger partial charge in [-0.2, -0.15) is 0 Å². The van der Waals surface area contributed by atoms with Crippen LogP contribution in [-0.4, -0.2) is 4.57 Å². The Hall–Kier alpha value is -7.94. The van der Waals surface area contributed by atoms with Gasteiger partial charge in [0, 0.05) is 33.1 Å². The first kappa shape index (κ1) is 35.2. The third-order valence-electron chi connectivity index (χ3n) is 11.8. The van der Waals surface area contributed by atoms with Gasteiger partial charge in [0.25, 0.3) is 0 Å². The molecule has 1 aromatic heterocycles. The van der Waals surface area contributed by atoms with Crippen LogP contribution in [0.15, 0.2) is 243 Å². The van der Waals surface area contributed by atoms with E-state index in [1.807, 2.05) is 0 Å². The van der Waals surface area contributed by atoms with E-state index in [9.17, 15) is 0 Å². The highest BCUT2D eigenvalue weighted by Gasteiger charge is 2.21. The quantitative estimate of drug-likeness (QED) is 0.150. The molecule has 0 amide bonds. The van der Waals surface area contributed by atoms with Crippen LogP contribution in [0, 0.1) is 0 Å². The predicted molar refractivity (Wildman–Crippen MR) is 255 cm³/mol. The lowest BCUT2D eigenvalue weighted by Gasteiger charge is -2.28. The topological polar surface area (TPSA) is 8.17 Å². The number of fused-ring (bicyclic) bond motifs is 4. The molecule has 60 heavy (non-hydrogen) atoms. The summed E-state index contributed by atoms with van der Waals surface area (Å²) in [7, 11) is 0. The van der Waals surface area contributed by atoms with E-state index in [0.29, 0.717) is 0 Å². The summed E-state index contributed by atoms with van der Waals surface area (Å²) in [6.45, 7) is 0. The second-order valence-corrected chi connectivity index (χ2v) is 15.3. The molecule has 0 atom stereocenters. The van der Waals surface area contributed by atoms with Crippen LogP contribution >= 0.6 is 0 Å². The van der Waals surface area contributed by atoms with E-state index in [1.165, 1.54) is 71.6 Å². The molecule has 11 rings (SSSR count). The highest BCUT2D eigenvalue weighted by Crippen LogP contribution is 2.45. The first-order valence-electron chi connectivity index (χ1n) is 20.6. The molecule has 0 aliphatic rings. The summed E-state index contributed by atoms with van der Waals surface area (Å²) in [4.78, 5) is 2.42. The molecular weight excluding hydrogens is 725 g/mol. The fourth-order valence-electron chi connectivity index (χ4n) is 8.95. The number of nitrogens with zero attached hydrogens (tertiary/aromatic N) is 2. The molecule has 0 radical (unpaired) electrons. The predicted octanol–water partition coefficient (Wildman–Crippen LogP) is 16.1. The summed E-state index contributed by atoms with van der Waals surface area (Å²) in [6, 6.07) is 87.8. The minimum Gasteiger partial charge on any atom is -0.310 e. The third kappa shape index (κ3) is 6.23. The van der Waals surface area contributed by atoms with Crippen molar-refractivity contribution in [3.05, 3.63) is 243 Å². The van der Waals surface area contributed by atoms with Gasteiger partial charge >= 0.3 is 0 Å². The van der Waals surface area contributed by atoms with Crippen LogP contribution in [0.2, 0.25) is 0 Å². The standard InChI is InChI=1S/C58H40N2/c1-4-16-41(17-5-1)43-28-32-45(33-29-43)49-38-39-57(52-24-11-10-23-51(49)52)59(47-20-8-3-9-21-47)48-36-37-54-53-25-13-15-27-56(53)60(58(54)40-48)55-26-14-12-22-50(55)46-34-30-44(31-35-46)42-18-6-2-7-19-42/h1-40H. The van der Waals surface area contributed by atoms with Gasteiger partial charge in [0.2, 0.25) is 0 Å². The van der Waals surface area contributed by atoms with E-state index in [-0.39, 0.29) is 0 Å². The number of benzene rings is 10. The van der Waals surface area contributed by atoms with Crippen molar-refractivity contribution in [2.45, 2.75) is 0 Å². The maximum atomic E-state index is 2.46. The minimum atomic E-state index is 1.09. The molecule has 0 saturated heterocycles. The van der Waals surface area contributed by atoms with Crippen LogP contribution in [-0.2, 0) is 0 Å². The lowest BCUT2D eigenvalue weighted by Crippen LogP contribution is -2.10. The first-order chi connectivity index (χ1) is 29.8. The Bertz CT molecular complexity index is 3270. The van der Waals surface area contributed by atoms with E-state index in [2.05, 4.69) is 252 Å². The lowest BCUT2D eigenvalue weighted by atomic mass is 9.95. The van der Waals surface area contributed by atoms with E-state index >= 15 is 0 Å². The van der Waals surface area contributed by atoms with Crippen LogP contribution in [0.4, 0.5) is 17.1 Å². The van der Waals surface area contributed by atoms with E-state index < -0.39 is 0 Å². The SMILES string of the molecule is c1ccc(-c2ccc(-c3ccccc3-n3c4ccccc4c4ccc(N(c5ccccc5)c5ccc(-c6ccc(-c7ccccc7)cc6)c6ccccc56)cc43)cc2)cc1. The zero-order valence-corrected chi connectivity index (χ0v) is 33.0. The fourth-order valence-corrected chi connectivity index (χ4v) is 8.95. The Morgan fingerprint density at radius 1 is 0.267 bits per heavy atom. The van der Waals surface area contributed by atoms with Gasteiger partial charge in [0.1, 0.15) is 0 Å². The van der Waals surface area contributed by atoms with Crippen LogP contribution in [0.1, 0.15) is 0 Å². The molecule has 1 heterocycles. The number of rotatable bonds is 8. The van der Waals surface area contributed by atoms with Crippen LogP contribution in [0.25, 0.3) is 82.8 Å². The average molecular weight is 765 g/mol. The molecule has 11 aromatic rings. The summed E-state index contributed by atoms with van der Waals surface area (Å²) in [5.74, 6) is 0. The Morgan fingerprint density at radius 2 is 0.750 bits per heavy atom. The van der Waals surface area contributed by atoms with Crippen molar-refractivity contribution in [2.24, 2.45) is 0 Å². The normalized spacial score (nSPS) is 11.3. The molecule has 0 saturated carbocycles. The highest BCUT2D eigenvalue weighted by atomic mass is 15.1. The molecular formula is C58H40N2. The van der Waals surface area contributed by atoms with Crippen molar-refractivity contribution < 1.29 is 0 Å². The molecule has 0 spiro atoms. The minimum absolute atomic E-state index is 1.09. The van der Waals surface area contributed by atoms with Crippen LogP contribution in [0.3, 0.4) is 0 Å². The maximum absolute atomic E-state index is 2.46. The van der Waals surface area contributed by atoms with Gasteiger partial charge < -0.3 is 9.47 Å². The smallest absolute Gasteiger partial charge is 0.0562 e. The monoisotopic (exact) mass is 764 g/mol. The summed E-state index contributed by atoms with van der Waals surface area (Å²) < 4.78 is 2.46. The van der Waals surface area contributed by atoms with E-state index in [4.69, 9.17) is 0 Å². The Kier molecular flexibility index (Phi) is 8.87. The van der Waals surface area contributed by atoms with E-state index in [0.717, 1.165) is 28.3 Å². The van der Waals surface area contributed by atoms with Crippen LogP contribution < -0.4 is 4.90 Å². The molecule has 2 nitrogen and oxygen atoms in total. The van der Waals surface area contributed by atoms with Gasteiger partial charge in [-0.3, -0.25) is 0 Å². The molecule has 0 aliphatic heterocycles. The zero-order chi connectivity index (χ0) is 39.8. The maximum Gasteiger partial charge on any atom is 0.0562 e. The van der Waals surface area contributed by atoms with Crippen molar-refractivity contribution in [1.29, 1.82) is 0 Å². The molecule has 0 fully saturated rings. The van der Waals surface area contributed by atoms with Crippen molar-refractivity contribution in [2.75, 3.05) is 4.90 Å². The largest absolute Gasteiger partial charge is 0.310 e. The van der Waals surface area contributed by atoms with Gasteiger partial charge in [-0.1, -0.05) is 200 Å². The molecule has 10 aromatic carbocycles. The van der Waals surface area contributed by atoms with Crippen molar-refractivity contribution in [3.8, 4) is 50.2 Å². The molecule has 0 bridgehead atoms. The number of para-hydroxylation sites is 3. The third-order valence-corrected chi connectivity index (χ3v) is 11.8. The summed E-state index contributed by atoms with van der Waals surface area (Å²) in [6.07, 6.45) is 0. The Balaban J connectivity index is 1.07. The van der Waals surface area contributed by atoms with Crippen molar-refractivity contribution in [3.63, 3.8) is 0 Å². The molecule has 0 aliphatic carbocycles. The van der Waals surface area contributed by atoms with Gasteiger partial charge in [0.15, 0.2) is 0 Å². The molecule has 0 N–H and O–H groups in total. The summed E-state index contributed by atoms with van der Waals surface area (Å²) >= 11 is 0. The van der Waals surface area contributed by atoms with Gasteiger partial charge in [-0.25, -0.2) is 0 Å². The van der Waals surface area contributed by atoms with Gasteiger partial charge in [0.05, 0.1) is 22.4 Å². The number of anilines is 3. The van der Waals surface area contributed by atoms with Gasteiger partial charge in [-0.15, -0.1) is 0 Å². The highest BCUT2D eigenvalue weighted by molar-refractivity contribution is 6.12. The average Bonchev–Trinajstić information content (AvgIpc) is 3.66. The zero-order valence-electron chi connectivity index (χ0n) is 33.0.